The predicted octanol–water partition coefficient (Wildman–Crippen LogP) is 1.27. The van der Waals surface area contributed by atoms with Crippen molar-refractivity contribution in [1.29, 1.82) is 0 Å². The van der Waals surface area contributed by atoms with E-state index in [1.54, 1.807) is 6.92 Å². The number of carbonyl (C=O) groups is 1. The molecule has 17 heavy (non-hydrogen) atoms. The van der Waals surface area contributed by atoms with Crippen LogP contribution in [0.15, 0.2) is 16.3 Å². The van der Waals surface area contributed by atoms with Gasteiger partial charge in [0.2, 0.25) is 5.71 Å². The number of nitrogens with zero attached hydrogens (tertiary/aromatic N) is 5. The first kappa shape index (κ1) is 12.5. The van der Waals surface area contributed by atoms with E-state index in [0.29, 0.717) is 0 Å². The molecule has 0 aliphatic rings. The molecule has 0 aliphatic heterocycles. The van der Waals surface area contributed by atoms with E-state index in [2.05, 4.69) is 30.2 Å². The van der Waals surface area contributed by atoms with E-state index in [4.69, 9.17) is 10.3 Å². The Balaban J connectivity index is 3.01. The second-order valence-electron chi connectivity index (χ2n) is 2.67. The van der Waals surface area contributed by atoms with E-state index in [1.807, 2.05) is 0 Å². The maximum Gasteiger partial charge on any atom is 0.362 e. The van der Waals surface area contributed by atoms with Crippen molar-refractivity contribution in [2.45, 2.75) is 6.92 Å². The third-order valence-corrected chi connectivity index (χ3v) is 1.62. The molecule has 0 fully saturated rings. The summed E-state index contributed by atoms with van der Waals surface area (Å²) in [6.45, 7) is 1.87. The highest BCUT2D eigenvalue weighted by molar-refractivity contribution is 6.42. The molecule has 9 heteroatoms. The van der Waals surface area contributed by atoms with Crippen molar-refractivity contribution in [3.05, 3.63) is 22.2 Å². The van der Waals surface area contributed by atoms with Crippen molar-refractivity contribution in [3.8, 4) is 0 Å². The lowest BCUT2D eigenvalue weighted by Crippen LogP contribution is -2.19. The Morgan fingerprint density at radius 1 is 1.71 bits per heavy atom. The molecule has 1 heterocycles. The summed E-state index contributed by atoms with van der Waals surface area (Å²) in [4.78, 5) is 18.6. The Labute approximate surface area is 96.0 Å². The maximum atomic E-state index is 11.5. The summed E-state index contributed by atoms with van der Waals surface area (Å²) in [6.07, 6.45) is 0. The Kier molecular flexibility index (Phi) is 4.52. The molecule has 0 aromatic carbocycles. The molecular formula is C8H10N6O3. The van der Waals surface area contributed by atoms with E-state index < -0.39 is 5.97 Å². The monoisotopic (exact) mass is 238 g/mol. The van der Waals surface area contributed by atoms with Crippen LogP contribution in [0.3, 0.4) is 0 Å². The first-order valence-corrected chi connectivity index (χ1v) is 4.62. The molecule has 0 saturated heterocycles. The summed E-state index contributed by atoms with van der Waals surface area (Å²) in [5.41, 5.74) is 8.38. The molecule has 0 amide bonds. The van der Waals surface area contributed by atoms with E-state index in [1.165, 1.54) is 13.2 Å². The van der Waals surface area contributed by atoms with Gasteiger partial charge in [-0.15, -0.1) is 0 Å². The minimum absolute atomic E-state index is 0.0822. The summed E-state index contributed by atoms with van der Waals surface area (Å²) in [5, 5.41) is 12.9. The number of ether oxygens (including phenoxy) is 1. The summed E-state index contributed by atoms with van der Waals surface area (Å²) in [5.74, 6) is -0.568. The fraction of sp³-hybridized carbons (Fsp3) is 0.375. The molecular weight excluding hydrogens is 228 g/mol. The minimum atomic E-state index is -0.662. The molecule has 1 rings (SSSR count). The van der Waals surface area contributed by atoms with Crippen LogP contribution in [-0.4, -0.2) is 35.6 Å². The van der Waals surface area contributed by atoms with Crippen LogP contribution in [-0.2, 0) is 14.4 Å². The van der Waals surface area contributed by atoms with E-state index in [-0.39, 0.29) is 23.8 Å². The molecule has 1 aromatic rings. The predicted molar refractivity (Wildman–Crippen MR) is 57.6 cm³/mol. The Morgan fingerprint density at radius 2 is 2.47 bits per heavy atom. The van der Waals surface area contributed by atoms with Gasteiger partial charge >= 0.3 is 5.97 Å². The molecule has 90 valence electrons. The molecule has 0 spiro atoms. The number of carbonyl (C=O) groups excluding carboxylic acids is 1. The molecule has 0 aliphatic carbocycles. The molecule has 0 bridgehead atoms. The number of esters is 1. The van der Waals surface area contributed by atoms with Crippen LogP contribution in [0.5, 0.6) is 0 Å². The first-order valence-electron chi connectivity index (χ1n) is 4.62. The van der Waals surface area contributed by atoms with Crippen LogP contribution in [0, 0.1) is 0 Å². The van der Waals surface area contributed by atoms with Crippen molar-refractivity contribution in [1.82, 2.24) is 10.2 Å². The molecule has 1 N–H and O–H groups in total. The van der Waals surface area contributed by atoms with Crippen LogP contribution in [0.4, 0.5) is 5.82 Å². The van der Waals surface area contributed by atoms with Gasteiger partial charge in [-0.2, -0.15) is 5.10 Å². The molecule has 1 aromatic heterocycles. The third-order valence-electron chi connectivity index (χ3n) is 1.62. The smallest absolute Gasteiger partial charge is 0.362 e. The fourth-order valence-electron chi connectivity index (χ4n) is 1.02. The largest absolute Gasteiger partial charge is 0.461 e. The van der Waals surface area contributed by atoms with Crippen LogP contribution >= 0.6 is 0 Å². The fourth-order valence-corrected chi connectivity index (χ4v) is 1.02. The lowest BCUT2D eigenvalue weighted by atomic mass is 10.3. The average molecular weight is 238 g/mol. The van der Waals surface area contributed by atoms with E-state index in [9.17, 15) is 4.79 Å². The number of aromatic nitrogens is 2. The SMILES string of the molecule is CCOC(=O)C(=NOC)c1cc(N=[N+]=[N-])n[nH]1. The molecule has 0 radical (unpaired) electrons. The minimum Gasteiger partial charge on any atom is -0.461 e. The van der Waals surface area contributed by atoms with Gasteiger partial charge in [0.25, 0.3) is 0 Å². The van der Waals surface area contributed by atoms with Gasteiger partial charge in [-0.3, -0.25) is 5.10 Å². The number of azide groups is 1. The number of hydrogen-bond acceptors (Lipinski definition) is 6. The maximum absolute atomic E-state index is 11.5. The molecule has 9 nitrogen and oxygen atoms in total. The highest BCUT2D eigenvalue weighted by Gasteiger charge is 2.18. The quantitative estimate of drug-likeness (QED) is 0.207. The first-order chi connectivity index (χ1) is 8.22. The zero-order chi connectivity index (χ0) is 12.7. The summed E-state index contributed by atoms with van der Waals surface area (Å²) < 4.78 is 4.78. The number of aromatic amines is 1. The van der Waals surface area contributed by atoms with Gasteiger partial charge in [-0.25, -0.2) is 4.79 Å². The summed E-state index contributed by atoms with van der Waals surface area (Å²) >= 11 is 0. The van der Waals surface area contributed by atoms with Crippen molar-refractivity contribution >= 4 is 17.5 Å². The number of hydrogen-bond donors (Lipinski definition) is 1. The van der Waals surface area contributed by atoms with Crippen LogP contribution in [0.2, 0.25) is 0 Å². The van der Waals surface area contributed by atoms with Gasteiger partial charge in [0, 0.05) is 4.91 Å². The Bertz CT molecular complexity index is 473. The Hall–Kier alpha value is -2.54. The second-order valence-corrected chi connectivity index (χ2v) is 2.67. The second kappa shape index (κ2) is 6.13. The van der Waals surface area contributed by atoms with Crippen LogP contribution in [0.1, 0.15) is 12.6 Å². The van der Waals surface area contributed by atoms with Crippen LogP contribution < -0.4 is 0 Å². The third kappa shape index (κ3) is 3.21. The van der Waals surface area contributed by atoms with Gasteiger partial charge in [-0.1, -0.05) is 5.16 Å². The van der Waals surface area contributed by atoms with Gasteiger partial charge in [0.15, 0.2) is 0 Å². The van der Waals surface area contributed by atoms with Crippen molar-refractivity contribution < 1.29 is 14.4 Å². The van der Waals surface area contributed by atoms with E-state index >= 15 is 0 Å². The number of rotatable bonds is 5. The lowest BCUT2D eigenvalue weighted by Gasteiger charge is -2.02. The van der Waals surface area contributed by atoms with E-state index in [0.717, 1.165) is 0 Å². The Morgan fingerprint density at radius 3 is 3.06 bits per heavy atom. The zero-order valence-electron chi connectivity index (χ0n) is 9.25. The zero-order valence-corrected chi connectivity index (χ0v) is 9.25. The number of H-pyrrole nitrogens is 1. The van der Waals surface area contributed by atoms with Gasteiger partial charge in [-0.05, 0) is 23.6 Å². The van der Waals surface area contributed by atoms with Gasteiger partial charge in [0.05, 0.1) is 12.3 Å². The number of oxime groups is 1. The van der Waals surface area contributed by atoms with Gasteiger partial charge < -0.3 is 9.57 Å². The summed E-state index contributed by atoms with van der Waals surface area (Å²) in [6, 6.07) is 1.36. The average Bonchev–Trinajstić information content (AvgIpc) is 2.75. The molecule has 0 saturated carbocycles. The van der Waals surface area contributed by atoms with Crippen molar-refractivity contribution in [3.63, 3.8) is 0 Å². The lowest BCUT2D eigenvalue weighted by molar-refractivity contribution is -0.135. The highest BCUT2D eigenvalue weighted by atomic mass is 16.6. The topological polar surface area (TPSA) is 125 Å². The van der Waals surface area contributed by atoms with Crippen LogP contribution in [0.25, 0.3) is 10.4 Å². The summed E-state index contributed by atoms with van der Waals surface area (Å²) in [7, 11) is 1.30. The number of nitrogens with one attached hydrogen (secondary N) is 1. The van der Waals surface area contributed by atoms with Crippen molar-refractivity contribution in [2.75, 3.05) is 13.7 Å². The van der Waals surface area contributed by atoms with Gasteiger partial charge in [0.1, 0.15) is 12.9 Å². The molecule has 0 atom stereocenters. The van der Waals surface area contributed by atoms with Crippen molar-refractivity contribution in [2.24, 2.45) is 10.3 Å². The molecule has 0 unspecified atom stereocenters. The highest BCUT2D eigenvalue weighted by Crippen LogP contribution is 2.11. The standard InChI is InChI=1S/C8H10N6O3/c1-3-17-8(15)7(13-16-2)5-4-6(11-10-5)12-14-9/h4H,3H2,1-2H3,(H,10,11). The normalized spacial score (nSPS) is 10.6.